The molecule has 0 aliphatic carbocycles. The summed E-state index contributed by atoms with van der Waals surface area (Å²) in [4.78, 5) is 11.1. The lowest BCUT2D eigenvalue weighted by atomic mass is 10.2. The second kappa shape index (κ2) is 6.86. The van der Waals surface area contributed by atoms with Crippen LogP contribution >= 0.6 is 0 Å². The fraction of sp³-hybridized carbons (Fsp3) is 0.250. The van der Waals surface area contributed by atoms with E-state index in [2.05, 4.69) is 5.32 Å². The van der Waals surface area contributed by atoms with Crippen LogP contribution in [0.3, 0.4) is 0 Å². The molecule has 0 aliphatic rings. The number of amides is 1. The number of benzene rings is 1. The average molecular weight is 229 g/mol. The minimum Gasteiger partial charge on any atom is -0.484 e. The zero-order valence-corrected chi connectivity index (χ0v) is 9.14. The Morgan fingerprint density at radius 3 is 2.53 bits per heavy atom. The molecule has 0 heterocycles. The molecule has 5 heteroatoms. The molecule has 0 bridgehead atoms. The van der Waals surface area contributed by atoms with Crippen molar-refractivity contribution >= 4 is 5.91 Å². The molecule has 0 unspecified atom stereocenters. The molecular formula is C12H11N3O2. The lowest BCUT2D eigenvalue weighted by molar-refractivity contribution is -0.122. The number of hydrogen-bond acceptors (Lipinski definition) is 4. The van der Waals surface area contributed by atoms with Gasteiger partial charge in [-0.05, 0) is 17.7 Å². The van der Waals surface area contributed by atoms with Crippen LogP contribution in [0.2, 0.25) is 0 Å². The molecule has 17 heavy (non-hydrogen) atoms. The second-order valence-corrected chi connectivity index (χ2v) is 3.20. The summed E-state index contributed by atoms with van der Waals surface area (Å²) in [6, 6.07) is 10.8. The van der Waals surface area contributed by atoms with Gasteiger partial charge in [0.15, 0.2) is 6.61 Å². The molecule has 1 aromatic rings. The standard InChI is InChI=1S/C12H11N3O2/c13-6-5-10-1-3-11(4-2-10)17-9-12(16)15-8-7-14/h1-4H,5,8-9H2,(H,15,16). The van der Waals surface area contributed by atoms with Crippen LogP contribution in [0.5, 0.6) is 5.75 Å². The maximum atomic E-state index is 11.1. The van der Waals surface area contributed by atoms with E-state index in [1.54, 1.807) is 30.3 Å². The van der Waals surface area contributed by atoms with Crippen molar-refractivity contribution in [3.63, 3.8) is 0 Å². The molecule has 0 saturated carbocycles. The summed E-state index contributed by atoms with van der Waals surface area (Å²) in [5.74, 6) is 0.214. The van der Waals surface area contributed by atoms with E-state index in [-0.39, 0.29) is 19.1 Å². The Hall–Kier alpha value is -2.53. The molecule has 0 aromatic heterocycles. The quantitative estimate of drug-likeness (QED) is 0.755. The first-order chi connectivity index (χ1) is 8.26. The molecule has 5 nitrogen and oxygen atoms in total. The van der Waals surface area contributed by atoms with Crippen LogP contribution in [-0.4, -0.2) is 19.1 Å². The summed E-state index contributed by atoms with van der Waals surface area (Å²) in [7, 11) is 0. The molecule has 0 aliphatic heterocycles. The van der Waals surface area contributed by atoms with Gasteiger partial charge in [-0.3, -0.25) is 4.79 Å². The summed E-state index contributed by atoms with van der Waals surface area (Å²) in [5, 5.41) is 19.1. The monoisotopic (exact) mass is 229 g/mol. The molecule has 1 N–H and O–H groups in total. The number of carbonyl (C=O) groups excluding carboxylic acids is 1. The van der Waals surface area contributed by atoms with E-state index in [0.29, 0.717) is 12.2 Å². The third-order valence-electron chi connectivity index (χ3n) is 1.94. The van der Waals surface area contributed by atoms with E-state index in [9.17, 15) is 4.79 Å². The third-order valence-corrected chi connectivity index (χ3v) is 1.94. The zero-order chi connectivity index (χ0) is 12.5. The number of hydrogen-bond donors (Lipinski definition) is 1. The first-order valence-corrected chi connectivity index (χ1v) is 4.98. The maximum absolute atomic E-state index is 11.1. The molecule has 1 rings (SSSR count). The van der Waals surface area contributed by atoms with Gasteiger partial charge in [-0.2, -0.15) is 10.5 Å². The minimum atomic E-state index is -0.340. The molecule has 1 aromatic carbocycles. The van der Waals surface area contributed by atoms with E-state index >= 15 is 0 Å². The molecule has 0 atom stereocenters. The highest BCUT2D eigenvalue weighted by Gasteiger charge is 2.01. The summed E-state index contributed by atoms with van der Waals surface area (Å²) in [6.07, 6.45) is 0.350. The van der Waals surface area contributed by atoms with Gasteiger partial charge in [0.05, 0.1) is 18.6 Å². The van der Waals surface area contributed by atoms with Gasteiger partial charge in [-0.25, -0.2) is 0 Å². The first kappa shape index (κ1) is 12.5. The fourth-order valence-corrected chi connectivity index (χ4v) is 1.13. The Morgan fingerprint density at radius 2 is 1.94 bits per heavy atom. The number of nitriles is 2. The highest BCUT2D eigenvalue weighted by Crippen LogP contribution is 2.12. The van der Waals surface area contributed by atoms with Crippen molar-refractivity contribution in [1.82, 2.24) is 5.32 Å². The van der Waals surface area contributed by atoms with Crippen molar-refractivity contribution < 1.29 is 9.53 Å². The van der Waals surface area contributed by atoms with Crippen molar-refractivity contribution in [3.8, 4) is 17.9 Å². The predicted molar refractivity (Wildman–Crippen MR) is 59.9 cm³/mol. The van der Waals surface area contributed by atoms with E-state index in [1.165, 1.54) is 0 Å². The van der Waals surface area contributed by atoms with Crippen molar-refractivity contribution in [3.05, 3.63) is 29.8 Å². The van der Waals surface area contributed by atoms with Crippen molar-refractivity contribution in [2.45, 2.75) is 6.42 Å². The highest BCUT2D eigenvalue weighted by atomic mass is 16.5. The summed E-state index contributed by atoms with van der Waals surface area (Å²) >= 11 is 0. The fourth-order valence-electron chi connectivity index (χ4n) is 1.13. The van der Waals surface area contributed by atoms with Crippen LogP contribution in [0, 0.1) is 22.7 Å². The van der Waals surface area contributed by atoms with E-state index in [4.69, 9.17) is 15.3 Å². The molecule has 0 radical (unpaired) electrons. The Balaban J connectivity index is 2.40. The number of nitrogens with zero attached hydrogens (tertiary/aromatic N) is 2. The Labute approximate surface area is 99.2 Å². The molecule has 0 saturated heterocycles. The average Bonchev–Trinajstić information content (AvgIpc) is 2.36. The predicted octanol–water partition coefficient (Wildman–Crippen LogP) is 0.771. The SMILES string of the molecule is N#CCNC(=O)COc1ccc(CC#N)cc1. The third kappa shape index (κ3) is 4.67. The largest absolute Gasteiger partial charge is 0.484 e. The van der Waals surface area contributed by atoms with Crippen LogP contribution in [0.1, 0.15) is 5.56 Å². The van der Waals surface area contributed by atoms with E-state index in [0.717, 1.165) is 5.56 Å². The van der Waals surface area contributed by atoms with Gasteiger partial charge < -0.3 is 10.1 Å². The van der Waals surface area contributed by atoms with E-state index < -0.39 is 0 Å². The van der Waals surface area contributed by atoms with Crippen molar-refractivity contribution in [2.24, 2.45) is 0 Å². The zero-order valence-electron chi connectivity index (χ0n) is 9.14. The number of ether oxygens (including phenoxy) is 1. The lowest BCUT2D eigenvalue weighted by Crippen LogP contribution is -2.28. The Bertz CT molecular complexity index is 454. The van der Waals surface area contributed by atoms with Crippen molar-refractivity contribution in [1.29, 1.82) is 10.5 Å². The van der Waals surface area contributed by atoms with E-state index in [1.807, 2.05) is 6.07 Å². The summed E-state index contributed by atoms with van der Waals surface area (Å²) in [6.45, 7) is -0.150. The lowest BCUT2D eigenvalue weighted by Gasteiger charge is -2.05. The minimum absolute atomic E-state index is 0.0245. The molecule has 1 amide bonds. The van der Waals surface area contributed by atoms with Gasteiger partial charge in [0.2, 0.25) is 0 Å². The first-order valence-electron chi connectivity index (χ1n) is 4.98. The van der Waals surface area contributed by atoms with Gasteiger partial charge in [0.1, 0.15) is 12.3 Å². The van der Waals surface area contributed by atoms with Crippen molar-refractivity contribution in [2.75, 3.05) is 13.2 Å². The molecule has 86 valence electrons. The van der Waals surface area contributed by atoms with Crippen LogP contribution < -0.4 is 10.1 Å². The highest BCUT2D eigenvalue weighted by molar-refractivity contribution is 5.77. The van der Waals surface area contributed by atoms with Crippen LogP contribution in [0.4, 0.5) is 0 Å². The molecular weight excluding hydrogens is 218 g/mol. The maximum Gasteiger partial charge on any atom is 0.258 e. The normalized spacial score (nSPS) is 8.82. The van der Waals surface area contributed by atoms with Crippen LogP contribution in [0.15, 0.2) is 24.3 Å². The van der Waals surface area contributed by atoms with Crippen LogP contribution in [0.25, 0.3) is 0 Å². The summed E-state index contributed by atoms with van der Waals surface area (Å²) in [5.41, 5.74) is 0.897. The van der Waals surface area contributed by atoms with Gasteiger partial charge in [0.25, 0.3) is 5.91 Å². The Morgan fingerprint density at radius 1 is 1.24 bits per heavy atom. The van der Waals surface area contributed by atoms with Gasteiger partial charge in [-0.1, -0.05) is 12.1 Å². The number of nitrogens with one attached hydrogen (secondary N) is 1. The Kier molecular flexibility index (Phi) is 5.06. The number of rotatable bonds is 5. The summed E-state index contributed by atoms with van der Waals surface area (Å²) < 4.78 is 5.19. The van der Waals surface area contributed by atoms with Gasteiger partial charge in [0, 0.05) is 0 Å². The smallest absolute Gasteiger partial charge is 0.258 e. The van der Waals surface area contributed by atoms with Gasteiger partial charge in [-0.15, -0.1) is 0 Å². The van der Waals surface area contributed by atoms with Crippen LogP contribution in [-0.2, 0) is 11.2 Å². The second-order valence-electron chi connectivity index (χ2n) is 3.20. The molecule has 0 fully saturated rings. The topological polar surface area (TPSA) is 85.9 Å². The molecule has 0 spiro atoms. The number of carbonyl (C=O) groups is 1. The van der Waals surface area contributed by atoms with Gasteiger partial charge >= 0.3 is 0 Å².